The van der Waals surface area contributed by atoms with Gasteiger partial charge in [0.25, 0.3) is 0 Å². The molecule has 1 aromatic rings. The van der Waals surface area contributed by atoms with Crippen LogP contribution in [-0.4, -0.2) is 30.2 Å². The fourth-order valence-electron chi connectivity index (χ4n) is 2.75. The molecule has 2 aliphatic rings. The maximum atomic E-state index is 5.85. The SMILES string of the molecule is Cl.Clc1ccc(N2CC3CCCC(C2)N3)nc1. The number of aromatic nitrogens is 1. The van der Waals surface area contributed by atoms with Crippen molar-refractivity contribution in [2.24, 2.45) is 0 Å². The lowest BCUT2D eigenvalue weighted by Gasteiger charge is -2.43. The van der Waals surface area contributed by atoms with Crippen LogP contribution in [0.5, 0.6) is 0 Å². The molecular formula is C12H17Cl2N3. The molecule has 2 atom stereocenters. The third-order valence-corrected chi connectivity index (χ3v) is 3.72. The van der Waals surface area contributed by atoms with Gasteiger partial charge >= 0.3 is 0 Å². The van der Waals surface area contributed by atoms with Gasteiger partial charge in [0.05, 0.1) is 5.02 Å². The predicted molar refractivity (Wildman–Crippen MR) is 73.3 cm³/mol. The number of pyridine rings is 1. The van der Waals surface area contributed by atoms with E-state index in [1.54, 1.807) is 6.20 Å². The lowest BCUT2D eigenvalue weighted by molar-refractivity contribution is 0.282. The Morgan fingerprint density at radius 1 is 1.24 bits per heavy atom. The summed E-state index contributed by atoms with van der Waals surface area (Å²) >= 11 is 5.85. The van der Waals surface area contributed by atoms with Crippen LogP contribution < -0.4 is 10.2 Å². The second kappa shape index (κ2) is 5.42. The number of halogens is 2. The topological polar surface area (TPSA) is 28.2 Å². The summed E-state index contributed by atoms with van der Waals surface area (Å²) in [7, 11) is 0. The van der Waals surface area contributed by atoms with Gasteiger partial charge in [-0.15, -0.1) is 12.4 Å². The van der Waals surface area contributed by atoms with Crippen molar-refractivity contribution in [1.82, 2.24) is 10.3 Å². The van der Waals surface area contributed by atoms with Crippen molar-refractivity contribution in [2.75, 3.05) is 18.0 Å². The molecule has 2 bridgehead atoms. The molecule has 5 heteroatoms. The Hall–Kier alpha value is -0.510. The first-order valence-corrected chi connectivity index (χ1v) is 6.31. The molecule has 0 aliphatic carbocycles. The summed E-state index contributed by atoms with van der Waals surface area (Å²) in [6.45, 7) is 2.15. The van der Waals surface area contributed by atoms with Crippen LogP contribution in [0.4, 0.5) is 5.82 Å². The Labute approximate surface area is 113 Å². The average Bonchev–Trinajstić information content (AvgIpc) is 2.29. The molecule has 0 spiro atoms. The maximum Gasteiger partial charge on any atom is 0.128 e. The molecule has 2 aliphatic heterocycles. The molecular weight excluding hydrogens is 257 g/mol. The van der Waals surface area contributed by atoms with Crippen LogP contribution in [-0.2, 0) is 0 Å². The minimum atomic E-state index is 0. The van der Waals surface area contributed by atoms with Crippen molar-refractivity contribution in [3.05, 3.63) is 23.4 Å². The Morgan fingerprint density at radius 2 is 1.94 bits per heavy atom. The lowest BCUT2D eigenvalue weighted by Crippen LogP contribution is -2.59. The van der Waals surface area contributed by atoms with Crippen molar-refractivity contribution < 1.29 is 0 Å². The Bertz CT molecular complexity index is 357. The summed E-state index contributed by atoms with van der Waals surface area (Å²) in [5.74, 6) is 1.06. The normalized spacial score (nSPS) is 27.5. The highest BCUT2D eigenvalue weighted by atomic mass is 35.5. The summed E-state index contributed by atoms with van der Waals surface area (Å²) in [4.78, 5) is 6.77. The largest absolute Gasteiger partial charge is 0.353 e. The molecule has 94 valence electrons. The molecule has 3 nitrogen and oxygen atoms in total. The van der Waals surface area contributed by atoms with Crippen LogP contribution in [0.25, 0.3) is 0 Å². The highest BCUT2D eigenvalue weighted by Crippen LogP contribution is 2.23. The Balaban J connectivity index is 0.00000108. The molecule has 3 rings (SSSR count). The zero-order valence-corrected chi connectivity index (χ0v) is 11.2. The molecule has 0 radical (unpaired) electrons. The first kappa shape index (κ1) is 12.9. The molecule has 0 saturated carbocycles. The second-order valence-electron chi connectivity index (χ2n) is 4.73. The van der Waals surface area contributed by atoms with Crippen LogP contribution in [0, 0.1) is 0 Å². The second-order valence-corrected chi connectivity index (χ2v) is 5.17. The number of fused-ring (bicyclic) bond motifs is 2. The van der Waals surface area contributed by atoms with Gasteiger partial charge in [0.15, 0.2) is 0 Å². The first-order chi connectivity index (χ1) is 7.81. The fourth-order valence-corrected chi connectivity index (χ4v) is 2.86. The third-order valence-electron chi connectivity index (χ3n) is 3.49. The molecule has 1 N–H and O–H groups in total. The van der Waals surface area contributed by atoms with Gasteiger partial charge < -0.3 is 10.2 Å². The number of piperidine rings is 1. The van der Waals surface area contributed by atoms with Crippen LogP contribution in [0.15, 0.2) is 18.3 Å². The van der Waals surface area contributed by atoms with E-state index >= 15 is 0 Å². The first-order valence-electron chi connectivity index (χ1n) is 5.94. The molecule has 2 unspecified atom stereocenters. The predicted octanol–water partition coefficient (Wildman–Crippen LogP) is 2.49. The standard InChI is InChI=1S/C12H16ClN3.ClH/c13-9-4-5-12(14-6-9)16-7-10-2-1-3-11(8-16)15-10;/h4-6,10-11,15H,1-3,7-8H2;1H. The smallest absolute Gasteiger partial charge is 0.128 e. The zero-order chi connectivity index (χ0) is 11.0. The Morgan fingerprint density at radius 3 is 2.53 bits per heavy atom. The molecule has 0 amide bonds. The minimum Gasteiger partial charge on any atom is -0.353 e. The van der Waals surface area contributed by atoms with Gasteiger partial charge in [-0.2, -0.15) is 0 Å². The van der Waals surface area contributed by atoms with E-state index in [1.807, 2.05) is 12.1 Å². The monoisotopic (exact) mass is 273 g/mol. The number of nitrogens with zero attached hydrogens (tertiary/aromatic N) is 2. The van der Waals surface area contributed by atoms with Crippen molar-refractivity contribution >= 4 is 29.8 Å². The van der Waals surface area contributed by atoms with Crippen LogP contribution in [0.1, 0.15) is 19.3 Å². The maximum absolute atomic E-state index is 5.85. The highest BCUT2D eigenvalue weighted by molar-refractivity contribution is 6.30. The van der Waals surface area contributed by atoms with Gasteiger partial charge in [-0.25, -0.2) is 4.98 Å². The molecule has 2 saturated heterocycles. The van der Waals surface area contributed by atoms with Gasteiger partial charge in [-0.05, 0) is 25.0 Å². The van der Waals surface area contributed by atoms with E-state index in [0.29, 0.717) is 17.1 Å². The lowest BCUT2D eigenvalue weighted by atomic mass is 9.94. The van der Waals surface area contributed by atoms with Gasteiger partial charge in [0.1, 0.15) is 5.82 Å². The van der Waals surface area contributed by atoms with E-state index < -0.39 is 0 Å². The highest BCUT2D eigenvalue weighted by Gasteiger charge is 2.30. The quantitative estimate of drug-likeness (QED) is 0.852. The van der Waals surface area contributed by atoms with Gasteiger partial charge in [0, 0.05) is 31.4 Å². The van der Waals surface area contributed by atoms with Gasteiger partial charge in [0.2, 0.25) is 0 Å². The molecule has 2 fully saturated rings. The number of nitrogens with one attached hydrogen (secondary N) is 1. The Kier molecular flexibility index (Phi) is 4.13. The minimum absolute atomic E-state index is 0. The zero-order valence-electron chi connectivity index (χ0n) is 9.60. The van der Waals surface area contributed by atoms with Crippen LogP contribution in [0.2, 0.25) is 5.02 Å². The molecule has 17 heavy (non-hydrogen) atoms. The van der Waals surface area contributed by atoms with E-state index in [1.165, 1.54) is 19.3 Å². The average molecular weight is 274 g/mol. The number of piperazine rings is 1. The van der Waals surface area contributed by atoms with E-state index in [2.05, 4.69) is 15.2 Å². The van der Waals surface area contributed by atoms with E-state index in [-0.39, 0.29) is 12.4 Å². The number of anilines is 1. The van der Waals surface area contributed by atoms with E-state index in [4.69, 9.17) is 11.6 Å². The summed E-state index contributed by atoms with van der Waals surface area (Å²) in [6, 6.07) is 5.22. The third kappa shape index (κ3) is 2.84. The summed E-state index contributed by atoms with van der Waals surface area (Å²) in [5, 5.41) is 4.38. The fraction of sp³-hybridized carbons (Fsp3) is 0.583. The molecule has 3 heterocycles. The van der Waals surface area contributed by atoms with Gasteiger partial charge in [-0.1, -0.05) is 18.0 Å². The number of hydrogen-bond acceptors (Lipinski definition) is 3. The summed E-state index contributed by atoms with van der Waals surface area (Å²) in [6.07, 6.45) is 5.68. The van der Waals surface area contributed by atoms with Crippen molar-refractivity contribution in [1.29, 1.82) is 0 Å². The van der Waals surface area contributed by atoms with Crippen LogP contribution >= 0.6 is 24.0 Å². The van der Waals surface area contributed by atoms with E-state index in [0.717, 1.165) is 18.9 Å². The summed E-state index contributed by atoms with van der Waals surface area (Å²) < 4.78 is 0. The van der Waals surface area contributed by atoms with Gasteiger partial charge in [-0.3, -0.25) is 0 Å². The van der Waals surface area contributed by atoms with Crippen molar-refractivity contribution in [3.63, 3.8) is 0 Å². The molecule has 1 aromatic heterocycles. The number of rotatable bonds is 1. The van der Waals surface area contributed by atoms with Crippen molar-refractivity contribution in [3.8, 4) is 0 Å². The summed E-state index contributed by atoms with van der Waals surface area (Å²) in [5.41, 5.74) is 0. The molecule has 0 aromatic carbocycles. The van der Waals surface area contributed by atoms with E-state index in [9.17, 15) is 0 Å². The van der Waals surface area contributed by atoms with Crippen LogP contribution in [0.3, 0.4) is 0 Å². The van der Waals surface area contributed by atoms with Crippen molar-refractivity contribution in [2.45, 2.75) is 31.3 Å². The number of hydrogen-bond donors (Lipinski definition) is 1.